The first kappa shape index (κ1) is 21.0. The zero-order valence-electron chi connectivity index (χ0n) is 18.3. The van der Waals surface area contributed by atoms with Gasteiger partial charge in [0.2, 0.25) is 5.95 Å². The third-order valence-corrected chi connectivity index (χ3v) is 5.97. The molecule has 1 atom stereocenters. The highest BCUT2D eigenvalue weighted by atomic mass is 16.2. The van der Waals surface area contributed by atoms with Gasteiger partial charge in [0.1, 0.15) is 0 Å². The Morgan fingerprint density at radius 2 is 1.97 bits per heavy atom. The molecule has 3 aromatic rings. The Morgan fingerprint density at radius 1 is 1.19 bits per heavy atom. The second-order valence-corrected chi connectivity index (χ2v) is 8.16. The highest BCUT2D eigenvalue weighted by Crippen LogP contribution is 2.24. The lowest BCUT2D eigenvalue weighted by Crippen LogP contribution is -2.38. The fraction of sp³-hybridized carbons (Fsp3) is 0.455. The van der Waals surface area contributed by atoms with Crippen LogP contribution in [0.3, 0.4) is 0 Å². The predicted molar refractivity (Wildman–Crippen MR) is 123 cm³/mol. The molecule has 0 spiro atoms. The smallest absolute Gasteiger partial charge is 0.332 e. The summed E-state index contributed by atoms with van der Waals surface area (Å²) >= 11 is 0. The maximum atomic E-state index is 13.2. The van der Waals surface area contributed by atoms with E-state index in [-0.39, 0.29) is 17.3 Å². The fourth-order valence-electron chi connectivity index (χ4n) is 4.30. The van der Waals surface area contributed by atoms with Crippen LogP contribution in [0.2, 0.25) is 0 Å². The van der Waals surface area contributed by atoms with E-state index in [1.54, 1.807) is 14.1 Å². The molecule has 9 nitrogen and oxygen atoms in total. The van der Waals surface area contributed by atoms with Crippen molar-refractivity contribution in [3.8, 4) is 0 Å². The standard InChI is InChI=1S/C22H29N7O2/c1-24-12-15-8-4-5-9-16(15)13-29-18-19(26(2)22(31)27(3)20(18)30)25-21(29)28-11-7-6-10-17(23)14-28/h4-5,8-9,12,17H,6-7,10-11,13-14,23H2,1-3H3. The minimum absolute atomic E-state index is 0.0434. The Hall–Kier alpha value is -3.20. The Bertz CT molecular complexity index is 1250. The molecule has 164 valence electrons. The molecule has 1 aliphatic heterocycles. The monoisotopic (exact) mass is 423 g/mol. The quantitative estimate of drug-likeness (QED) is 0.627. The number of rotatable bonds is 4. The highest BCUT2D eigenvalue weighted by Gasteiger charge is 2.25. The molecular weight excluding hydrogens is 394 g/mol. The van der Waals surface area contributed by atoms with Gasteiger partial charge in [-0.05, 0) is 24.0 Å². The molecule has 0 radical (unpaired) electrons. The number of anilines is 1. The van der Waals surface area contributed by atoms with Crippen LogP contribution in [0.5, 0.6) is 0 Å². The summed E-state index contributed by atoms with van der Waals surface area (Å²) in [5.74, 6) is 0.675. The van der Waals surface area contributed by atoms with Crippen molar-refractivity contribution in [1.82, 2.24) is 18.7 Å². The van der Waals surface area contributed by atoms with Gasteiger partial charge in [-0.25, -0.2) is 4.79 Å². The summed E-state index contributed by atoms with van der Waals surface area (Å²) in [6.07, 6.45) is 4.84. The summed E-state index contributed by atoms with van der Waals surface area (Å²) in [7, 11) is 4.89. The van der Waals surface area contributed by atoms with Crippen molar-refractivity contribution in [2.75, 3.05) is 25.0 Å². The lowest BCUT2D eigenvalue weighted by molar-refractivity contribution is 0.615. The molecule has 1 fully saturated rings. The SMILES string of the molecule is CN=Cc1ccccc1Cn1c(N2CCCCC(N)C2)nc2c1c(=O)n(C)c(=O)n2C. The van der Waals surface area contributed by atoms with Crippen LogP contribution in [0.15, 0.2) is 38.8 Å². The third kappa shape index (κ3) is 3.81. The molecule has 0 bridgehead atoms. The summed E-state index contributed by atoms with van der Waals surface area (Å²) in [5.41, 5.74) is 8.38. The molecule has 1 aromatic carbocycles. The number of nitrogens with two attached hydrogens (primary N) is 1. The lowest BCUT2D eigenvalue weighted by atomic mass is 10.1. The summed E-state index contributed by atoms with van der Waals surface area (Å²) < 4.78 is 4.50. The molecule has 3 heterocycles. The van der Waals surface area contributed by atoms with Crippen LogP contribution < -0.4 is 21.9 Å². The Kier molecular flexibility index (Phi) is 5.77. The molecule has 1 saturated heterocycles. The van der Waals surface area contributed by atoms with E-state index in [1.165, 1.54) is 11.6 Å². The summed E-state index contributed by atoms with van der Waals surface area (Å²) in [5, 5.41) is 0. The molecule has 2 aromatic heterocycles. The second-order valence-electron chi connectivity index (χ2n) is 8.16. The molecular formula is C22H29N7O2. The van der Waals surface area contributed by atoms with Gasteiger partial charge in [-0.3, -0.25) is 23.5 Å². The number of aliphatic imine (C=N–C) groups is 1. The highest BCUT2D eigenvalue weighted by molar-refractivity contribution is 5.82. The fourth-order valence-corrected chi connectivity index (χ4v) is 4.30. The van der Waals surface area contributed by atoms with Crippen LogP contribution in [-0.4, -0.2) is 51.1 Å². The van der Waals surface area contributed by atoms with Crippen molar-refractivity contribution < 1.29 is 0 Å². The van der Waals surface area contributed by atoms with Crippen molar-refractivity contribution in [1.29, 1.82) is 0 Å². The molecule has 2 N–H and O–H groups in total. The van der Waals surface area contributed by atoms with Gasteiger partial charge < -0.3 is 10.6 Å². The summed E-state index contributed by atoms with van der Waals surface area (Å²) in [6, 6.07) is 7.99. The topological polar surface area (TPSA) is 103 Å². The molecule has 1 aliphatic rings. The number of imidazole rings is 1. The second kappa shape index (κ2) is 8.50. The van der Waals surface area contributed by atoms with Crippen LogP contribution in [-0.2, 0) is 20.6 Å². The van der Waals surface area contributed by atoms with Gasteiger partial charge in [-0.2, -0.15) is 4.98 Å². The van der Waals surface area contributed by atoms with Crippen molar-refractivity contribution in [2.45, 2.75) is 31.8 Å². The average Bonchev–Trinajstić information content (AvgIpc) is 2.99. The number of fused-ring (bicyclic) bond motifs is 1. The van der Waals surface area contributed by atoms with Crippen molar-refractivity contribution in [3.63, 3.8) is 0 Å². The minimum Gasteiger partial charge on any atom is -0.341 e. The van der Waals surface area contributed by atoms with Gasteiger partial charge in [0.25, 0.3) is 5.56 Å². The molecule has 9 heteroatoms. The van der Waals surface area contributed by atoms with E-state index in [9.17, 15) is 9.59 Å². The summed E-state index contributed by atoms with van der Waals surface area (Å²) in [6.45, 7) is 1.91. The first-order chi connectivity index (χ1) is 14.9. The zero-order chi connectivity index (χ0) is 22.1. The normalized spacial score (nSPS) is 17.5. The molecule has 0 saturated carbocycles. The van der Waals surface area contributed by atoms with Crippen LogP contribution in [0, 0.1) is 0 Å². The molecule has 1 unspecified atom stereocenters. The van der Waals surface area contributed by atoms with E-state index < -0.39 is 0 Å². The molecule has 4 rings (SSSR count). The zero-order valence-corrected chi connectivity index (χ0v) is 18.3. The maximum Gasteiger partial charge on any atom is 0.332 e. The van der Waals surface area contributed by atoms with E-state index >= 15 is 0 Å². The number of nitrogens with zero attached hydrogens (tertiary/aromatic N) is 6. The maximum absolute atomic E-state index is 13.2. The number of aromatic nitrogens is 4. The number of hydrogen-bond donors (Lipinski definition) is 1. The lowest BCUT2D eigenvalue weighted by Gasteiger charge is -2.25. The summed E-state index contributed by atoms with van der Waals surface area (Å²) in [4.78, 5) is 36.8. The number of aryl methyl sites for hydroxylation is 1. The first-order valence-electron chi connectivity index (χ1n) is 10.6. The van der Waals surface area contributed by atoms with E-state index in [1.807, 2.05) is 35.0 Å². The van der Waals surface area contributed by atoms with Gasteiger partial charge in [0.05, 0.1) is 6.54 Å². The van der Waals surface area contributed by atoms with Crippen LogP contribution >= 0.6 is 0 Å². The molecule has 0 aliphatic carbocycles. The third-order valence-electron chi connectivity index (χ3n) is 5.97. The van der Waals surface area contributed by atoms with E-state index in [0.717, 1.165) is 41.5 Å². The predicted octanol–water partition coefficient (Wildman–Crippen LogP) is 0.848. The van der Waals surface area contributed by atoms with Gasteiger partial charge in [0, 0.05) is 46.5 Å². The van der Waals surface area contributed by atoms with Crippen molar-refractivity contribution >= 4 is 23.3 Å². The molecule has 0 amide bonds. The van der Waals surface area contributed by atoms with Gasteiger partial charge in [0.15, 0.2) is 11.2 Å². The van der Waals surface area contributed by atoms with Crippen LogP contribution in [0.1, 0.15) is 30.4 Å². The van der Waals surface area contributed by atoms with Crippen molar-refractivity contribution in [2.24, 2.45) is 24.8 Å². The van der Waals surface area contributed by atoms with Crippen molar-refractivity contribution in [3.05, 3.63) is 56.2 Å². The number of hydrogen-bond acceptors (Lipinski definition) is 6. The van der Waals surface area contributed by atoms with E-state index in [2.05, 4.69) is 9.89 Å². The van der Waals surface area contributed by atoms with Gasteiger partial charge in [-0.1, -0.05) is 30.7 Å². The Morgan fingerprint density at radius 3 is 2.74 bits per heavy atom. The minimum atomic E-state index is -0.389. The largest absolute Gasteiger partial charge is 0.341 e. The number of benzene rings is 1. The first-order valence-corrected chi connectivity index (χ1v) is 10.6. The van der Waals surface area contributed by atoms with E-state index in [4.69, 9.17) is 10.7 Å². The average molecular weight is 424 g/mol. The van der Waals surface area contributed by atoms with Gasteiger partial charge in [-0.15, -0.1) is 0 Å². The van der Waals surface area contributed by atoms with Gasteiger partial charge >= 0.3 is 5.69 Å². The van der Waals surface area contributed by atoms with Crippen LogP contribution in [0.4, 0.5) is 5.95 Å². The Labute approximate surface area is 180 Å². The molecule has 31 heavy (non-hydrogen) atoms. The Balaban J connectivity index is 1.97. The van der Waals surface area contributed by atoms with Crippen LogP contribution in [0.25, 0.3) is 11.2 Å². The van der Waals surface area contributed by atoms with E-state index in [0.29, 0.717) is 30.2 Å².